The van der Waals surface area contributed by atoms with Crippen molar-refractivity contribution in [3.63, 3.8) is 0 Å². The quantitative estimate of drug-likeness (QED) is 0.402. The van der Waals surface area contributed by atoms with Gasteiger partial charge in [0, 0.05) is 10.7 Å². The summed E-state index contributed by atoms with van der Waals surface area (Å²) in [5, 5.41) is 0. The van der Waals surface area contributed by atoms with Gasteiger partial charge in [-0.3, -0.25) is 0 Å². The molecule has 0 atom stereocenters. The summed E-state index contributed by atoms with van der Waals surface area (Å²) in [5.74, 6) is 0. The van der Waals surface area contributed by atoms with E-state index in [0.717, 1.165) is 0 Å². The molecule has 0 aliphatic carbocycles. The molecule has 0 aliphatic heterocycles. The molecule has 0 unspecified atom stereocenters. The van der Waals surface area contributed by atoms with Crippen LogP contribution in [0.2, 0.25) is 0 Å². The Labute approximate surface area is 77.5 Å². The fourth-order valence-electron chi connectivity index (χ4n) is 0.123. The van der Waals surface area contributed by atoms with E-state index in [1.54, 1.807) is 0 Å². The van der Waals surface area contributed by atoms with Crippen LogP contribution in [0.4, 0.5) is 0 Å². The lowest BCUT2D eigenvalue weighted by Crippen LogP contribution is -2.03. The van der Waals surface area contributed by atoms with Crippen LogP contribution in [0.1, 0.15) is 0 Å². The van der Waals surface area contributed by atoms with E-state index in [4.69, 9.17) is 34.8 Å². The third-order valence-corrected chi connectivity index (χ3v) is 1.21. The molecule has 0 saturated carbocycles. The Hall–Kier alpha value is 0.780. The van der Waals surface area contributed by atoms with Gasteiger partial charge in [0.05, 0.1) is 6.21 Å². The van der Waals surface area contributed by atoms with Gasteiger partial charge in [0.25, 0.3) is 0 Å². The first-order valence-corrected chi connectivity index (χ1v) is 5.18. The molecular weight excluding hydrogens is 244 g/mol. The van der Waals surface area contributed by atoms with Crippen molar-refractivity contribution < 1.29 is 8.42 Å². The van der Waals surface area contributed by atoms with Gasteiger partial charge < -0.3 is 0 Å². The van der Waals surface area contributed by atoms with Gasteiger partial charge in [-0.1, -0.05) is 34.8 Å². The minimum atomic E-state index is -3.97. The van der Waals surface area contributed by atoms with Crippen molar-refractivity contribution in [1.82, 2.24) is 0 Å². The first-order valence-electron chi connectivity index (χ1n) is 1.78. The SMILES string of the molecule is O=S(=O)(Cl)N=CC(Cl)(Cl)Cl. The van der Waals surface area contributed by atoms with Crippen molar-refractivity contribution in [1.29, 1.82) is 0 Å². The van der Waals surface area contributed by atoms with E-state index >= 15 is 0 Å². The van der Waals surface area contributed by atoms with Crippen molar-refractivity contribution >= 4 is 60.9 Å². The topological polar surface area (TPSA) is 46.5 Å². The zero-order chi connectivity index (χ0) is 8.41. The number of nitrogens with zero attached hydrogens (tertiary/aromatic N) is 1. The molecule has 0 saturated heterocycles. The van der Waals surface area contributed by atoms with Crippen LogP contribution in [-0.2, 0) is 9.24 Å². The van der Waals surface area contributed by atoms with Gasteiger partial charge in [-0.05, 0) is 0 Å². The minimum absolute atomic E-state index is 0.597. The molecule has 8 heteroatoms. The molecule has 0 aromatic rings. The molecule has 60 valence electrons. The summed E-state index contributed by atoms with van der Waals surface area (Å²) in [7, 11) is 0.669. The highest BCUT2D eigenvalue weighted by atomic mass is 35.7. The number of halogens is 4. The average Bonchev–Trinajstić information content (AvgIpc) is 1.57. The van der Waals surface area contributed by atoms with Gasteiger partial charge in [-0.15, -0.1) is 0 Å². The molecule has 0 spiro atoms. The zero-order valence-electron chi connectivity index (χ0n) is 4.26. The first-order chi connectivity index (χ1) is 4.21. The largest absolute Gasteiger partial charge is 0.339 e. The standard InChI is InChI=1S/C2HCl4NO2S/c3-2(4,5)1-7-10(6,8)9/h1H. The summed E-state index contributed by atoms with van der Waals surface area (Å²) < 4.78 is 21.1. The highest BCUT2D eigenvalue weighted by Crippen LogP contribution is 2.23. The van der Waals surface area contributed by atoms with Gasteiger partial charge in [0.1, 0.15) is 0 Å². The Kier molecular flexibility index (Phi) is 3.72. The Balaban J connectivity index is 4.31. The molecule has 0 aromatic carbocycles. The van der Waals surface area contributed by atoms with E-state index in [1.807, 2.05) is 0 Å². The van der Waals surface area contributed by atoms with Crippen molar-refractivity contribution in [3.05, 3.63) is 0 Å². The van der Waals surface area contributed by atoms with Crippen LogP contribution in [0.15, 0.2) is 4.40 Å². The molecule has 0 radical (unpaired) electrons. The molecule has 3 nitrogen and oxygen atoms in total. The third-order valence-electron chi connectivity index (χ3n) is 0.325. The lowest BCUT2D eigenvalue weighted by molar-refractivity contribution is 0.611. The van der Waals surface area contributed by atoms with Crippen LogP contribution in [-0.4, -0.2) is 18.4 Å². The summed E-state index contributed by atoms with van der Waals surface area (Å²) in [6.07, 6.45) is 0.597. The summed E-state index contributed by atoms with van der Waals surface area (Å²) >= 11 is 15.3. The molecule has 0 bridgehead atoms. The van der Waals surface area contributed by atoms with Crippen LogP contribution in [0.3, 0.4) is 0 Å². The molecule has 10 heavy (non-hydrogen) atoms. The minimum Gasteiger partial charge on any atom is -0.187 e. The third kappa shape index (κ3) is 8.78. The second-order valence-corrected chi connectivity index (χ2v) is 5.76. The number of hydrogen-bond donors (Lipinski definition) is 0. The van der Waals surface area contributed by atoms with E-state index in [-0.39, 0.29) is 0 Å². The normalized spacial score (nSPS) is 14.4. The monoisotopic (exact) mass is 243 g/mol. The van der Waals surface area contributed by atoms with E-state index in [9.17, 15) is 8.42 Å². The van der Waals surface area contributed by atoms with Gasteiger partial charge in [-0.2, -0.15) is 12.8 Å². The van der Waals surface area contributed by atoms with Gasteiger partial charge >= 0.3 is 9.24 Å². The van der Waals surface area contributed by atoms with Crippen molar-refractivity contribution in [2.75, 3.05) is 0 Å². The fraction of sp³-hybridized carbons (Fsp3) is 0.500. The predicted molar refractivity (Wildman–Crippen MR) is 43.6 cm³/mol. The Bertz CT molecular complexity index is 226. The number of hydrogen-bond acceptors (Lipinski definition) is 2. The average molecular weight is 245 g/mol. The van der Waals surface area contributed by atoms with E-state index in [2.05, 4.69) is 15.1 Å². The predicted octanol–water partition coefficient (Wildman–Crippen LogP) is 1.91. The maximum atomic E-state index is 10.1. The summed E-state index contributed by atoms with van der Waals surface area (Å²) in [5.41, 5.74) is 0. The molecule has 0 aliphatic rings. The van der Waals surface area contributed by atoms with Crippen LogP contribution >= 0.6 is 45.5 Å². The molecule has 0 fully saturated rings. The second kappa shape index (κ2) is 3.45. The van der Waals surface area contributed by atoms with Crippen molar-refractivity contribution in [2.45, 2.75) is 3.79 Å². The van der Waals surface area contributed by atoms with Crippen LogP contribution in [0.5, 0.6) is 0 Å². The second-order valence-electron chi connectivity index (χ2n) is 1.19. The number of alkyl halides is 3. The lowest BCUT2D eigenvalue weighted by atomic mass is 10.9. The molecule has 0 rings (SSSR count). The zero-order valence-corrected chi connectivity index (χ0v) is 8.10. The van der Waals surface area contributed by atoms with E-state index in [0.29, 0.717) is 6.21 Å². The highest BCUT2D eigenvalue weighted by Gasteiger charge is 2.16. The maximum absolute atomic E-state index is 10.1. The Morgan fingerprint density at radius 3 is 1.80 bits per heavy atom. The smallest absolute Gasteiger partial charge is 0.187 e. The van der Waals surface area contributed by atoms with Gasteiger partial charge in [0.15, 0.2) is 0 Å². The van der Waals surface area contributed by atoms with Crippen LogP contribution < -0.4 is 0 Å². The maximum Gasteiger partial charge on any atom is 0.339 e. The molecule has 0 heterocycles. The molecular formula is C2HCl4NO2S. The first kappa shape index (κ1) is 10.8. The lowest BCUT2D eigenvalue weighted by Gasteiger charge is -1.98. The fourth-order valence-corrected chi connectivity index (χ4v) is 0.846. The van der Waals surface area contributed by atoms with Crippen LogP contribution in [0.25, 0.3) is 0 Å². The molecule has 0 amide bonds. The van der Waals surface area contributed by atoms with Crippen molar-refractivity contribution in [2.24, 2.45) is 4.40 Å². The van der Waals surface area contributed by atoms with E-state index < -0.39 is 13.0 Å². The highest BCUT2D eigenvalue weighted by molar-refractivity contribution is 8.12. The Morgan fingerprint density at radius 1 is 1.30 bits per heavy atom. The molecule has 0 aromatic heterocycles. The number of rotatable bonds is 1. The Morgan fingerprint density at radius 2 is 1.70 bits per heavy atom. The van der Waals surface area contributed by atoms with E-state index in [1.165, 1.54) is 0 Å². The van der Waals surface area contributed by atoms with Crippen LogP contribution in [0, 0.1) is 0 Å². The van der Waals surface area contributed by atoms with Gasteiger partial charge in [0.2, 0.25) is 3.79 Å². The van der Waals surface area contributed by atoms with Crippen molar-refractivity contribution in [3.8, 4) is 0 Å². The summed E-state index contributed by atoms with van der Waals surface area (Å²) in [6, 6.07) is 0. The summed E-state index contributed by atoms with van der Waals surface area (Å²) in [6.45, 7) is 0. The van der Waals surface area contributed by atoms with Gasteiger partial charge in [-0.25, -0.2) is 0 Å². The summed E-state index contributed by atoms with van der Waals surface area (Å²) in [4.78, 5) is 0. The molecule has 0 N–H and O–H groups in total.